The van der Waals surface area contributed by atoms with Gasteiger partial charge in [-0.15, -0.1) is 0 Å². The fourth-order valence-electron chi connectivity index (χ4n) is 6.74. The average molecular weight is 681 g/mol. The molecular formula is C34H38F6N4O4. The highest BCUT2D eigenvalue weighted by Crippen LogP contribution is 2.47. The van der Waals surface area contributed by atoms with E-state index >= 15 is 0 Å². The lowest BCUT2D eigenvalue weighted by Crippen LogP contribution is -2.59. The fraction of sp³-hybridized carbons (Fsp3) is 0.500. The number of aromatic nitrogens is 1. The highest BCUT2D eigenvalue weighted by atomic mass is 19.4. The number of methoxy groups -OCH3 is 1. The number of aliphatic carboxylic acids is 1. The van der Waals surface area contributed by atoms with Crippen LogP contribution in [0.5, 0.6) is 5.75 Å². The van der Waals surface area contributed by atoms with E-state index in [-0.39, 0.29) is 6.42 Å². The smallest absolute Gasteiger partial charge is 0.403 e. The van der Waals surface area contributed by atoms with E-state index in [0.29, 0.717) is 39.9 Å². The van der Waals surface area contributed by atoms with Crippen molar-refractivity contribution in [3.8, 4) is 17.0 Å². The van der Waals surface area contributed by atoms with Crippen LogP contribution in [0.2, 0.25) is 0 Å². The van der Waals surface area contributed by atoms with E-state index in [1.807, 2.05) is 24.3 Å². The standard InChI is InChI=1S/C34H38F6N4O4/c1-48-28-12-11-23(20-43-15-3-2-4-16-43)41-29(28)26-10-6-8-24-22(7-5-9-25(24)26)19-27(30(45)46)42-31(47)32(34(38,39)40)13-17-44(18-14-32)21-33(35,36)37/h5-12,27H,2-4,13-21H2,1H3,(H,42,47)(H,45,46)/t27-/m0/s1. The Balaban J connectivity index is 1.41. The number of benzene rings is 2. The summed E-state index contributed by atoms with van der Waals surface area (Å²) in [5.41, 5.74) is -0.397. The number of nitrogens with zero attached hydrogens (tertiary/aromatic N) is 3. The number of carboxylic acids is 1. The highest BCUT2D eigenvalue weighted by molar-refractivity contribution is 5.99. The van der Waals surface area contributed by atoms with Gasteiger partial charge in [-0.05, 0) is 80.3 Å². The van der Waals surface area contributed by atoms with Gasteiger partial charge in [-0.3, -0.25) is 14.6 Å². The third-order valence-corrected chi connectivity index (χ3v) is 9.35. The number of hydrogen-bond donors (Lipinski definition) is 2. The number of nitrogens with one attached hydrogen (secondary N) is 1. The van der Waals surface area contributed by atoms with Crippen molar-refractivity contribution < 1.29 is 45.8 Å². The van der Waals surface area contributed by atoms with Crippen molar-refractivity contribution in [3.05, 3.63) is 59.8 Å². The zero-order valence-electron chi connectivity index (χ0n) is 26.5. The van der Waals surface area contributed by atoms with E-state index in [2.05, 4.69) is 10.2 Å². The lowest BCUT2D eigenvalue weighted by molar-refractivity contribution is -0.236. The van der Waals surface area contributed by atoms with E-state index < -0.39 is 68.2 Å². The van der Waals surface area contributed by atoms with Crippen molar-refractivity contribution in [3.63, 3.8) is 0 Å². The van der Waals surface area contributed by atoms with Crippen LogP contribution in [0.3, 0.4) is 0 Å². The maximum absolute atomic E-state index is 14.4. The van der Waals surface area contributed by atoms with Crippen LogP contribution in [0.1, 0.15) is 43.4 Å². The molecule has 0 spiro atoms. The number of piperidine rings is 2. The van der Waals surface area contributed by atoms with Crippen LogP contribution in [0, 0.1) is 5.41 Å². The molecule has 0 aliphatic carbocycles. The summed E-state index contributed by atoms with van der Waals surface area (Å²) >= 11 is 0. The van der Waals surface area contributed by atoms with Crippen LogP contribution in [0.4, 0.5) is 26.3 Å². The van der Waals surface area contributed by atoms with Crippen molar-refractivity contribution >= 4 is 22.6 Å². The monoisotopic (exact) mass is 680 g/mol. The Kier molecular flexibility index (Phi) is 10.5. The summed E-state index contributed by atoms with van der Waals surface area (Å²) in [6, 6.07) is 12.6. The largest absolute Gasteiger partial charge is 0.494 e. The molecule has 1 aromatic heterocycles. The van der Waals surface area contributed by atoms with Gasteiger partial charge in [0, 0.05) is 18.5 Å². The lowest BCUT2D eigenvalue weighted by Gasteiger charge is -2.42. The molecule has 14 heteroatoms. The lowest BCUT2D eigenvalue weighted by atomic mass is 9.76. The van der Waals surface area contributed by atoms with Crippen molar-refractivity contribution in [2.45, 2.75) is 63.5 Å². The van der Waals surface area contributed by atoms with Gasteiger partial charge in [-0.2, -0.15) is 26.3 Å². The molecule has 2 saturated heterocycles. The van der Waals surface area contributed by atoms with E-state index in [1.165, 1.54) is 13.5 Å². The minimum atomic E-state index is -5.10. The molecule has 1 amide bonds. The first-order chi connectivity index (χ1) is 22.7. The minimum absolute atomic E-state index is 0.338. The Labute approximate surface area is 274 Å². The first kappa shape index (κ1) is 35.4. The number of carbonyl (C=O) groups excluding carboxylic acids is 1. The predicted octanol–water partition coefficient (Wildman–Crippen LogP) is 6.22. The van der Waals surface area contributed by atoms with Gasteiger partial charge >= 0.3 is 18.3 Å². The summed E-state index contributed by atoms with van der Waals surface area (Å²) in [6.07, 6.45) is -8.43. The van der Waals surface area contributed by atoms with Crippen LogP contribution in [0.15, 0.2) is 48.5 Å². The van der Waals surface area contributed by atoms with Gasteiger partial charge in [0.05, 0.1) is 19.3 Å². The van der Waals surface area contributed by atoms with Gasteiger partial charge < -0.3 is 15.2 Å². The summed E-state index contributed by atoms with van der Waals surface area (Å²) < 4.78 is 87.3. The van der Waals surface area contributed by atoms with Gasteiger partial charge in [0.2, 0.25) is 5.91 Å². The zero-order chi connectivity index (χ0) is 34.7. The molecule has 2 fully saturated rings. The highest BCUT2D eigenvalue weighted by Gasteiger charge is 2.61. The van der Waals surface area contributed by atoms with Gasteiger partial charge in [-0.25, -0.2) is 9.78 Å². The number of halogens is 6. The van der Waals surface area contributed by atoms with Crippen LogP contribution >= 0.6 is 0 Å². The van der Waals surface area contributed by atoms with Crippen molar-refractivity contribution in [2.24, 2.45) is 5.41 Å². The third kappa shape index (κ3) is 7.86. The molecule has 0 saturated carbocycles. The summed E-state index contributed by atoms with van der Waals surface area (Å²) in [5, 5.41) is 13.4. The first-order valence-electron chi connectivity index (χ1n) is 15.9. The molecule has 2 N–H and O–H groups in total. The fourth-order valence-corrected chi connectivity index (χ4v) is 6.74. The first-order valence-corrected chi connectivity index (χ1v) is 15.9. The molecule has 2 aromatic carbocycles. The van der Waals surface area contributed by atoms with Crippen molar-refractivity contribution in [2.75, 3.05) is 39.8 Å². The number of pyridine rings is 1. The van der Waals surface area contributed by atoms with Gasteiger partial charge in [0.25, 0.3) is 0 Å². The van der Waals surface area contributed by atoms with Crippen molar-refractivity contribution in [1.29, 1.82) is 0 Å². The SMILES string of the molecule is COc1ccc(CN2CCCCC2)nc1-c1cccc2c(C[C@H](NC(=O)C3(C(F)(F)F)CCN(CC(F)(F)F)CC3)C(=O)O)cccc12. The number of amides is 1. The molecule has 0 unspecified atom stereocenters. The summed E-state index contributed by atoms with van der Waals surface area (Å²) in [5.74, 6) is -2.57. The van der Waals surface area contributed by atoms with Crippen LogP contribution in [0.25, 0.3) is 22.0 Å². The van der Waals surface area contributed by atoms with Gasteiger partial charge in [0.1, 0.15) is 22.9 Å². The summed E-state index contributed by atoms with van der Waals surface area (Å²) in [6.45, 7) is 0.0192. The number of likely N-dealkylation sites (tertiary alicyclic amines) is 2. The Morgan fingerprint density at radius 3 is 2.21 bits per heavy atom. The van der Waals surface area contributed by atoms with E-state index in [4.69, 9.17) is 9.72 Å². The number of hydrogen-bond acceptors (Lipinski definition) is 6. The number of carboxylic acid groups (broad SMARTS) is 1. The van der Waals surface area contributed by atoms with Gasteiger partial charge in [-0.1, -0.05) is 42.8 Å². The second-order valence-corrected chi connectivity index (χ2v) is 12.5. The molecule has 1 atom stereocenters. The van der Waals surface area contributed by atoms with E-state index in [1.54, 1.807) is 24.3 Å². The zero-order valence-corrected chi connectivity index (χ0v) is 26.5. The molecule has 0 bridgehead atoms. The Morgan fingerprint density at radius 2 is 1.58 bits per heavy atom. The van der Waals surface area contributed by atoms with Crippen LogP contribution in [-0.4, -0.2) is 90.0 Å². The molecular weight excluding hydrogens is 642 g/mol. The molecule has 5 rings (SSSR count). The number of fused-ring (bicyclic) bond motifs is 1. The Bertz CT molecular complexity index is 1620. The van der Waals surface area contributed by atoms with E-state index in [0.717, 1.165) is 36.5 Å². The molecule has 48 heavy (non-hydrogen) atoms. The third-order valence-electron chi connectivity index (χ3n) is 9.35. The average Bonchev–Trinajstić information content (AvgIpc) is 3.03. The van der Waals surface area contributed by atoms with Crippen molar-refractivity contribution in [1.82, 2.24) is 20.1 Å². The van der Waals surface area contributed by atoms with Gasteiger partial charge in [0.15, 0.2) is 0 Å². The number of alkyl halides is 6. The molecule has 3 aromatic rings. The molecule has 2 aliphatic rings. The number of rotatable bonds is 10. The quantitative estimate of drug-likeness (QED) is 0.246. The number of ether oxygens (including phenoxy) is 1. The molecule has 3 heterocycles. The van der Waals surface area contributed by atoms with Crippen LogP contribution < -0.4 is 10.1 Å². The maximum Gasteiger partial charge on any atom is 0.403 e. The van der Waals surface area contributed by atoms with Crippen LogP contribution in [-0.2, 0) is 22.6 Å². The minimum Gasteiger partial charge on any atom is -0.494 e. The predicted molar refractivity (Wildman–Crippen MR) is 166 cm³/mol. The second kappa shape index (κ2) is 14.3. The molecule has 0 radical (unpaired) electrons. The molecule has 2 aliphatic heterocycles. The second-order valence-electron chi connectivity index (χ2n) is 12.5. The summed E-state index contributed by atoms with van der Waals surface area (Å²) in [7, 11) is 1.54. The topological polar surface area (TPSA) is 95.0 Å². The normalized spacial score (nSPS) is 18.4. The Morgan fingerprint density at radius 1 is 0.917 bits per heavy atom. The number of carbonyl (C=O) groups is 2. The molecule has 260 valence electrons. The summed E-state index contributed by atoms with van der Waals surface area (Å²) in [4.78, 5) is 33.7. The maximum atomic E-state index is 14.4. The van der Waals surface area contributed by atoms with E-state index in [9.17, 15) is 41.0 Å². The molecule has 8 nitrogen and oxygen atoms in total. The Hall–Kier alpha value is -3.91.